The van der Waals surface area contributed by atoms with Crippen LogP contribution in [0.4, 0.5) is 0 Å². The van der Waals surface area contributed by atoms with Crippen molar-refractivity contribution in [2.45, 2.75) is 24.8 Å². The number of imidazole rings is 1. The number of hydrogen-bond acceptors (Lipinski definition) is 3. The van der Waals surface area contributed by atoms with Crippen LogP contribution < -0.4 is 10.5 Å². The maximum atomic E-state index is 10.8. The van der Waals surface area contributed by atoms with Crippen LogP contribution in [0.5, 0.6) is 5.75 Å². The van der Waals surface area contributed by atoms with Gasteiger partial charge in [0.05, 0.1) is 36.4 Å². The van der Waals surface area contributed by atoms with Gasteiger partial charge in [0.1, 0.15) is 5.75 Å². The summed E-state index contributed by atoms with van der Waals surface area (Å²) in [5, 5.41) is 0. The van der Waals surface area contributed by atoms with E-state index in [4.69, 9.17) is 10.5 Å². The molecule has 1 fully saturated rings. The van der Waals surface area contributed by atoms with Crippen molar-refractivity contribution >= 4 is 21.8 Å². The van der Waals surface area contributed by atoms with Gasteiger partial charge in [-0.1, -0.05) is 24.3 Å². The van der Waals surface area contributed by atoms with Crippen molar-refractivity contribution in [3.8, 4) is 17.0 Å². The Balaban J connectivity index is 0.000000138. The number of benzene rings is 2. The molecule has 1 aliphatic carbocycles. The zero-order chi connectivity index (χ0) is 19.0. The average Bonchev–Trinajstić information content (AvgIpc) is 3.21. The van der Waals surface area contributed by atoms with Crippen LogP contribution >= 0.6 is 15.9 Å². The molecular weight excluding hydrogens is 406 g/mol. The summed E-state index contributed by atoms with van der Waals surface area (Å²) >= 11 is 3.20. The molecule has 1 aromatic heterocycles. The highest BCUT2D eigenvalue weighted by Gasteiger charge is 2.46. The molecule has 27 heavy (non-hydrogen) atoms. The Kier molecular flexibility index (Phi) is 4.52. The summed E-state index contributed by atoms with van der Waals surface area (Å²) in [6, 6.07) is 13.8. The van der Waals surface area contributed by atoms with Gasteiger partial charge in [-0.15, -0.1) is 0 Å². The quantitative estimate of drug-likeness (QED) is 0.663. The van der Waals surface area contributed by atoms with Crippen molar-refractivity contribution in [2.24, 2.45) is 5.73 Å². The Morgan fingerprint density at radius 3 is 2.70 bits per heavy atom. The molecule has 0 radical (unpaired) electrons. The van der Waals surface area contributed by atoms with Crippen LogP contribution in [-0.4, -0.2) is 22.6 Å². The number of carbonyl (C=O) groups is 1. The third-order valence-electron chi connectivity index (χ3n) is 5.42. The Labute approximate surface area is 166 Å². The second kappa shape index (κ2) is 6.85. The maximum Gasteiger partial charge on any atom is 0.249 e. The highest BCUT2D eigenvalue weighted by molar-refractivity contribution is 9.10. The number of nitrogens with zero attached hydrogens (tertiary/aromatic N) is 2. The summed E-state index contributed by atoms with van der Waals surface area (Å²) in [7, 11) is 1.54. The molecule has 1 saturated carbocycles. The van der Waals surface area contributed by atoms with Gasteiger partial charge in [0.2, 0.25) is 5.91 Å². The van der Waals surface area contributed by atoms with Crippen LogP contribution in [-0.2, 0) is 5.54 Å². The lowest BCUT2D eigenvalue weighted by molar-refractivity contribution is 0.0999. The van der Waals surface area contributed by atoms with Crippen LogP contribution in [0, 0.1) is 0 Å². The topological polar surface area (TPSA) is 70.1 Å². The highest BCUT2D eigenvalue weighted by atomic mass is 79.9. The second-order valence-electron chi connectivity index (χ2n) is 6.79. The molecule has 1 spiro atoms. The number of aromatic nitrogens is 2. The minimum absolute atomic E-state index is 0.266. The van der Waals surface area contributed by atoms with Gasteiger partial charge in [-0.3, -0.25) is 4.79 Å². The Bertz CT molecular complexity index is 1010. The number of halogens is 1. The van der Waals surface area contributed by atoms with Crippen molar-refractivity contribution in [2.75, 3.05) is 7.11 Å². The summed E-state index contributed by atoms with van der Waals surface area (Å²) in [5.74, 6) is 0.146. The minimum Gasteiger partial charge on any atom is -0.497 e. The molecule has 5 rings (SSSR count). The van der Waals surface area contributed by atoms with Gasteiger partial charge >= 0.3 is 0 Å². The van der Waals surface area contributed by atoms with E-state index in [0.29, 0.717) is 15.8 Å². The van der Waals surface area contributed by atoms with E-state index in [1.165, 1.54) is 43.2 Å². The first-order valence-corrected chi connectivity index (χ1v) is 9.62. The fraction of sp³-hybridized carbons (Fsp3) is 0.238. The van der Waals surface area contributed by atoms with Crippen LogP contribution in [0.15, 0.2) is 59.5 Å². The second-order valence-corrected chi connectivity index (χ2v) is 7.64. The maximum absolute atomic E-state index is 10.8. The molecule has 2 N–H and O–H groups in total. The van der Waals surface area contributed by atoms with Crippen LogP contribution in [0.3, 0.4) is 0 Å². The molecule has 2 heterocycles. The van der Waals surface area contributed by atoms with Gasteiger partial charge in [0.25, 0.3) is 0 Å². The van der Waals surface area contributed by atoms with E-state index in [1.807, 2.05) is 12.5 Å². The van der Waals surface area contributed by atoms with E-state index in [-0.39, 0.29) is 5.54 Å². The zero-order valence-corrected chi connectivity index (χ0v) is 16.6. The number of methoxy groups -OCH3 is 1. The number of carbonyl (C=O) groups excluding carboxylic acids is 1. The van der Waals surface area contributed by atoms with Crippen molar-refractivity contribution in [1.29, 1.82) is 0 Å². The Morgan fingerprint density at radius 1 is 1.26 bits per heavy atom. The molecule has 6 heteroatoms. The lowest BCUT2D eigenvalue weighted by Crippen LogP contribution is -2.38. The third-order valence-corrected chi connectivity index (χ3v) is 6.12. The van der Waals surface area contributed by atoms with Crippen LogP contribution in [0.2, 0.25) is 0 Å². The Hall–Kier alpha value is -2.60. The molecular formula is C21H20BrN3O2. The van der Waals surface area contributed by atoms with Gasteiger partial charge in [-0.25, -0.2) is 4.98 Å². The molecule has 138 valence electrons. The van der Waals surface area contributed by atoms with E-state index >= 15 is 0 Å². The van der Waals surface area contributed by atoms with Crippen molar-refractivity contribution < 1.29 is 9.53 Å². The largest absolute Gasteiger partial charge is 0.497 e. The van der Waals surface area contributed by atoms with Crippen molar-refractivity contribution in [3.05, 3.63) is 70.6 Å². The number of fused-ring (bicyclic) bond motifs is 5. The average molecular weight is 426 g/mol. The number of amides is 1. The number of rotatable bonds is 2. The molecule has 1 aliphatic heterocycles. The highest BCUT2D eigenvalue weighted by Crippen LogP contribution is 2.53. The molecule has 3 aromatic rings. The summed E-state index contributed by atoms with van der Waals surface area (Å²) in [6.07, 6.45) is 7.87. The molecule has 0 bridgehead atoms. The van der Waals surface area contributed by atoms with Gasteiger partial charge in [0.15, 0.2) is 0 Å². The molecule has 1 amide bonds. The van der Waals surface area contributed by atoms with Crippen molar-refractivity contribution in [1.82, 2.24) is 9.55 Å². The van der Waals surface area contributed by atoms with Crippen LogP contribution in [0.1, 0.15) is 35.2 Å². The number of nitrogens with two attached hydrogens (primary N) is 1. The number of hydrogen-bond donors (Lipinski definition) is 1. The lowest BCUT2D eigenvalue weighted by atomic mass is 9.72. The first kappa shape index (κ1) is 17.8. The minimum atomic E-state index is -0.472. The summed E-state index contributed by atoms with van der Waals surface area (Å²) in [4.78, 5) is 15.1. The summed E-state index contributed by atoms with van der Waals surface area (Å²) < 4.78 is 7.98. The summed E-state index contributed by atoms with van der Waals surface area (Å²) in [6.45, 7) is 0. The van der Waals surface area contributed by atoms with Crippen molar-refractivity contribution in [3.63, 3.8) is 0 Å². The van der Waals surface area contributed by atoms with Gasteiger partial charge in [0, 0.05) is 10.0 Å². The standard InChI is InChI=1S/C13H12N2.C8H8BrNO2/c1-2-5-11-10(4-1)12-8-14-9-15(12)13(11)6-3-7-13;1-12-5-2-3-7(9)6(4-5)8(10)11/h1-2,4-5,8-9H,3,6-7H2;2-4H,1H3,(H2,10,11). The first-order valence-electron chi connectivity index (χ1n) is 8.83. The van der Waals surface area contributed by atoms with Crippen LogP contribution in [0.25, 0.3) is 11.3 Å². The molecule has 2 aromatic carbocycles. The van der Waals surface area contributed by atoms with E-state index < -0.39 is 5.91 Å². The SMILES string of the molecule is COc1ccc(Br)c(C(N)=O)c1.c1ccc2c(c1)-c1cncn1C21CCC1. The normalized spacial score (nSPS) is 15.2. The molecule has 2 aliphatic rings. The molecule has 0 saturated heterocycles. The van der Waals surface area contributed by atoms with Gasteiger partial charge in [-0.05, 0) is 59.0 Å². The molecule has 0 atom stereocenters. The monoisotopic (exact) mass is 425 g/mol. The fourth-order valence-corrected chi connectivity index (χ4v) is 4.36. The third kappa shape index (κ3) is 2.84. The fourth-order valence-electron chi connectivity index (χ4n) is 3.92. The first-order chi connectivity index (χ1) is 13.1. The zero-order valence-electron chi connectivity index (χ0n) is 15.0. The smallest absolute Gasteiger partial charge is 0.249 e. The predicted molar refractivity (Wildman–Crippen MR) is 108 cm³/mol. The summed E-state index contributed by atoms with van der Waals surface area (Å²) in [5.41, 5.74) is 9.99. The van der Waals surface area contributed by atoms with E-state index in [9.17, 15) is 4.79 Å². The van der Waals surface area contributed by atoms with E-state index in [0.717, 1.165) is 0 Å². The number of ether oxygens (including phenoxy) is 1. The van der Waals surface area contributed by atoms with E-state index in [2.05, 4.69) is 49.7 Å². The number of primary amides is 1. The lowest BCUT2D eigenvalue weighted by Gasteiger charge is -2.41. The van der Waals surface area contributed by atoms with Gasteiger partial charge < -0.3 is 15.0 Å². The van der Waals surface area contributed by atoms with Gasteiger partial charge in [-0.2, -0.15) is 0 Å². The molecule has 0 unspecified atom stereocenters. The molecule has 5 nitrogen and oxygen atoms in total. The van der Waals surface area contributed by atoms with E-state index in [1.54, 1.807) is 18.2 Å². The Morgan fingerprint density at radius 2 is 2.04 bits per heavy atom. The predicted octanol–water partition coefficient (Wildman–Crippen LogP) is 4.35.